The van der Waals surface area contributed by atoms with Gasteiger partial charge in [-0.1, -0.05) is 231 Å². The van der Waals surface area contributed by atoms with Crippen molar-refractivity contribution in [3.05, 3.63) is 134 Å². The minimum Gasteiger partial charge on any atom is -0.463 e. The predicted molar refractivity (Wildman–Crippen MR) is 371 cm³/mol. The lowest BCUT2D eigenvalue weighted by molar-refractivity contribution is -0.161. The molecule has 0 fully saturated rings. The SMILES string of the molecule is CC/C=C\C/C=C\C/C=C\C/C=C\CCCCCCCCC(=O)OCC(O)COP(=O)(O)OCC(O)COP(=O)(O)OCC(COC(=O)CCCCCCCC/C=C\C/C=C\C/C=C\CCCCC)OC(=O)CCCCCC/C=C\C/C=C\C/C=C\C/C=C\CC. The summed E-state index contributed by atoms with van der Waals surface area (Å²) in [6, 6.07) is 0. The molecular weight excluding hydrogens is 1190 g/mol. The average Bonchev–Trinajstić information content (AvgIpc) is 3.02. The molecule has 5 atom stereocenters. The van der Waals surface area contributed by atoms with E-state index in [9.17, 15) is 43.5 Å². The quantitative estimate of drug-likeness (QED) is 0.0146. The number of phosphoric ester groups is 2. The maximum absolute atomic E-state index is 12.9. The molecule has 0 aromatic carbocycles. The topological polar surface area (TPSA) is 231 Å². The third kappa shape index (κ3) is 66.9. The van der Waals surface area contributed by atoms with Gasteiger partial charge < -0.3 is 34.2 Å². The second-order valence-electron chi connectivity index (χ2n) is 22.6. The molecule has 0 radical (unpaired) electrons. The van der Waals surface area contributed by atoms with E-state index in [2.05, 4.69) is 154 Å². The first-order chi connectivity index (χ1) is 44.2. The van der Waals surface area contributed by atoms with Crippen molar-refractivity contribution >= 4 is 33.6 Å². The highest BCUT2D eigenvalue weighted by atomic mass is 31.2. The van der Waals surface area contributed by atoms with Crippen LogP contribution >= 0.6 is 15.6 Å². The molecule has 0 aliphatic rings. The molecule has 18 heteroatoms. The lowest BCUT2D eigenvalue weighted by atomic mass is 10.1. The van der Waals surface area contributed by atoms with E-state index in [1.165, 1.54) is 19.3 Å². The minimum absolute atomic E-state index is 0.0690. The van der Waals surface area contributed by atoms with Crippen LogP contribution in [0.1, 0.15) is 252 Å². The smallest absolute Gasteiger partial charge is 0.463 e. The number of aliphatic hydroxyl groups excluding tert-OH is 2. The Morgan fingerprint density at radius 3 is 0.923 bits per heavy atom. The third-order valence-corrected chi connectivity index (χ3v) is 15.7. The van der Waals surface area contributed by atoms with Gasteiger partial charge in [-0.05, 0) is 135 Å². The lowest BCUT2D eigenvalue weighted by Gasteiger charge is -2.21. The van der Waals surface area contributed by atoms with E-state index in [1.807, 2.05) is 0 Å². The van der Waals surface area contributed by atoms with Crippen molar-refractivity contribution in [2.75, 3.05) is 39.6 Å². The monoisotopic (exact) mass is 1320 g/mol. The van der Waals surface area contributed by atoms with E-state index in [4.69, 9.17) is 32.3 Å². The molecule has 5 unspecified atom stereocenters. The number of carbonyl (C=O) groups is 3. The van der Waals surface area contributed by atoms with Crippen molar-refractivity contribution in [1.82, 2.24) is 0 Å². The van der Waals surface area contributed by atoms with Gasteiger partial charge in [0.25, 0.3) is 0 Å². The van der Waals surface area contributed by atoms with Crippen molar-refractivity contribution in [2.24, 2.45) is 0 Å². The maximum atomic E-state index is 12.9. The van der Waals surface area contributed by atoms with Crippen molar-refractivity contribution in [2.45, 2.75) is 270 Å². The average molecular weight is 1320 g/mol. The van der Waals surface area contributed by atoms with Gasteiger partial charge in [0.2, 0.25) is 0 Å². The van der Waals surface area contributed by atoms with Crippen LogP contribution in [0.4, 0.5) is 0 Å². The summed E-state index contributed by atoms with van der Waals surface area (Å²) in [5.41, 5.74) is 0. The number of hydrogen-bond acceptors (Lipinski definition) is 14. The van der Waals surface area contributed by atoms with E-state index in [0.717, 1.165) is 173 Å². The van der Waals surface area contributed by atoms with Crippen LogP contribution in [0.5, 0.6) is 0 Å². The van der Waals surface area contributed by atoms with Crippen LogP contribution in [0, 0.1) is 0 Å². The Morgan fingerprint density at radius 2 is 0.582 bits per heavy atom. The van der Waals surface area contributed by atoms with Gasteiger partial charge in [-0.15, -0.1) is 0 Å². The molecule has 91 heavy (non-hydrogen) atoms. The molecule has 4 N–H and O–H groups in total. The summed E-state index contributed by atoms with van der Waals surface area (Å²) < 4.78 is 60.9. The van der Waals surface area contributed by atoms with Gasteiger partial charge in [0.05, 0.1) is 26.4 Å². The molecule has 16 nitrogen and oxygen atoms in total. The van der Waals surface area contributed by atoms with Crippen molar-refractivity contribution < 1.29 is 75.8 Å². The highest BCUT2D eigenvalue weighted by molar-refractivity contribution is 7.47. The fourth-order valence-corrected chi connectivity index (χ4v) is 10.2. The molecule has 0 amide bonds. The van der Waals surface area contributed by atoms with E-state index >= 15 is 0 Å². The highest BCUT2D eigenvalue weighted by Crippen LogP contribution is 2.45. The van der Waals surface area contributed by atoms with Crippen LogP contribution in [0.15, 0.2) is 134 Å². The number of phosphoric acid groups is 2. The molecule has 0 spiro atoms. The van der Waals surface area contributed by atoms with Crippen LogP contribution in [-0.4, -0.2) is 95.9 Å². The predicted octanol–water partition coefficient (Wildman–Crippen LogP) is 19.2. The molecule has 0 rings (SSSR count). The Morgan fingerprint density at radius 1 is 0.319 bits per heavy atom. The summed E-state index contributed by atoms with van der Waals surface area (Å²) in [6.07, 6.45) is 76.3. The van der Waals surface area contributed by atoms with Gasteiger partial charge in [-0.2, -0.15) is 0 Å². The molecule has 0 bridgehead atoms. The zero-order valence-corrected chi connectivity index (χ0v) is 58.0. The first-order valence-electron chi connectivity index (χ1n) is 34.5. The van der Waals surface area contributed by atoms with Gasteiger partial charge in [0, 0.05) is 19.3 Å². The van der Waals surface area contributed by atoms with Crippen molar-refractivity contribution in [3.63, 3.8) is 0 Å². The van der Waals surface area contributed by atoms with E-state index in [1.54, 1.807) is 0 Å². The zero-order valence-electron chi connectivity index (χ0n) is 56.2. The molecule has 0 aromatic rings. The third-order valence-electron chi connectivity index (χ3n) is 13.8. The first kappa shape index (κ1) is 86.7. The highest BCUT2D eigenvalue weighted by Gasteiger charge is 2.29. The van der Waals surface area contributed by atoms with Crippen LogP contribution in [0.3, 0.4) is 0 Å². The van der Waals surface area contributed by atoms with Gasteiger partial charge in [-0.3, -0.25) is 32.5 Å². The number of aliphatic hydroxyl groups is 2. The summed E-state index contributed by atoms with van der Waals surface area (Å²) in [4.78, 5) is 58.4. The van der Waals surface area contributed by atoms with Crippen LogP contribution in [-0.2, 0) is 55.8 Å². The summed E-state index contributed by atoms with van der Waals surface area (Å²) in [5, 5.41) is 20.5. The fraction of sp³-hybridized carbons (Fsp3) is 0.658. The van der Waals surface area contributed by atoms with E-state index in [-0.39, 0.29) is 19.3 Å². The molecule has 0 heterocycles. The van der Waals surface area contributed by atoms with E-state index < -0.39 is 91.5 Å². The van der Waals surface area contributed by atoms with Gasteiger partial charge in [-0.25, -0.2) is 9.13 Å². The summed E-state index contributed by atoms with van der Waals surface area (Å²) >= 11 is 0. The molecule has 0 aromatic heterocycles. The number of carbonyl (C=O) groups excluding carboxylic acids is 3. The molecular formula is C73H122O16P2. The number of ether oxygens (including phenoxy) is 3. The Labute approximate surface area is 550 Å². The Bertz CT molecular complexity index is 2190. The Hall–Kier alpha value is -4.31. The fourth-order valence-electron chi connectivity index (χ4n) is 8.62. The standard InChI is InChI=1S/C73H122O16P2/c1-4-7-10-13-16-19-22-25-28-31-33-36-38-41-44-47-50-53-56-59-71(76)83-62-68(74)63-85-90(79,80)86-64-69(75)65-87-91(81,82)88-67-70(89-73(78)61-58-55-52-49-46-43-40-35-30-27-24-21-18-15-12-9-6-3)66-84-72(77)60-57-54-51-48-45-42-39-37-34-32-29-26-23-20-17-14-11-8-5-2/h7,9-10,12,16-21,25-30,33-34,36-37,40,43,68-70,74-75H,4-6,8,11,13-15,22-24,31-32,35,38-39,41-42,44-67H2,1-3H3,(H,79,80)(H,81,82)/b10-7-,12-9-,19-16-,20-17-,21-18-,28-25-,29-26-,30-27-,36-33-,37-34-,43-40-. The second kappa shape index (κ2) is 65.7. The number of esters is 3. The summed E-state index contributed by atoms with van der Waals surface area (Å²) in [7, 11) is -9.80. The summed E-state index contributed by atoms with van der Waals surface area (Å²) in [5.74, 6) is -1.64. The lowest BCUT2D eigenvalue weighted by Crippen LogP contribution is -2.30. The number of rotatable bonds is 64. The number of hydrogen-bond donors (Lipinski definition) is 4. The normalized spacial score (nSPS) is 15.0. The second-order valence-corrected chi connectivity index (χ2v) is 25.5. The van der Waals surface area contributed by atoms with Crippen LogP contribution < -0.4 is 0 Å². The van der Waals surface area contributed by atoms with Crippen LogP contribution in [0.2, 0.25) is 0 Å². The van der Waals surface area contributed by atoms with Gasteiger partial charge >= 0.3 is 33.6 Å². The Balaban J connectivity index is 4.76. The minimum atomic E-state index is -4.94. The molecule has 520 valence electrons. The number of allylic oxidation sites excluding steroid dienone is 22. The molecule has 0 aliphatic carbocycles. The maximum Gasteiger partial charge on any atom is 0.472 e. The number of unbranched alkanes of at least 4 members (excludes halogenated alkanes) is 19. The first-order valence-corrected chi connectivity index (χ1v) is 37.5. The molecule has 0 saturated carbocycles. The Kier molecular flexibility index (Phi) is 62.6. The van der Waals surface area contributed by atoms with Gasteiger partial charge in [0.15, 0.2) is 6.10 Å². The van der Waals surface area contributed by atoms with Crippen molar-refractivity contribution in [1.29, 1.82) is 0 Å². The molecule has 0 saturated heterocycles. The van der Waals surface area contributed by atoms with E-state index in [0.29, 0.717) is 19.3 Å². The summed E-state index contributed by atoms with van der Waals surface area (Å²) in [6.45, 7) is 2.34. The van der Waals surface area contributed by atoms with Crippen LogP contribution in [0.25, 0.3) is 0 Å². The zero-order chi connectivity index (χ0) is 66.7. The largest absolute Gasteiger partial charge is 0.472 e. The van der Waals surface area contributed by atoms with Gasteiger partial charge in [0.1, 0.15) is 25.4 Å². The van der Waals surface area contributed by atoms with Crippen molar-refractivity contribution in [3.8, 4) is 0 Å². The molecule has 0 aliphatic heterocycles.